The third kappa shape index (κ3) is 5.71. The van der Waals surface area contributed by atoms with Gasteiger partial charge >= 0.3 is 0 Å². The molecule has 158 valence electrons. The van der Waals surface area contributed by atoms with E-state index in [9.17, 15) is 9.65 Å². The predicted octanol–water partition coefficient (Wildman–Crippen LogP) is 7.83. The minimum atomic E-state index is -0.480. The lowest BCUT2D eigenvalue weighted by molar-refractivity contribution is 0.269. The van der Waals surface area contributed by atoms with Gasteiger partial charge in [0.1, 0.15) is 12.4 Å². The quantitative estimate of drug-likeness (QED) is 0.258. The molecule has 3 aromatic rings. The van der Waals surface area contributed by atoms with Gasteiger partial charge in [0, 0.05) is 21.2 Å². The van der Waals surface area contributed by atoms with Crippen LogP contribution >= 0.6 is 34.8 Å². The van der Waals surface area contributed by atoms with Crippen LogP contribution in [0.2, 0.25) is 15.1 Å². The molecule has 0 spiro atoms. The fraction of sp³-hybridized carbons (Fsp3) is 0.125. The summed E-state index contributed by atoms with van der Waals surface area (Å²) in [4.78, 5) is 0. The van der Waals surface area contributed by atoms with Crippen LogP contribution in [0.1, 0.15) is 23.6 Å². The van der Waals surface area contributed by atoms with Crippen molar-refractivity contribution in [3.8, 4) is 17.6 Å². The van der Waals surface area contributed by atoms with Crippen LogP contribution < -0.4 is 9.47 Å². The van der Waals surface area contributed by atoms with Gasteiger partial charge in [-0.15, -0.1) is 0 Å². The van der Waals surface area contributed by atoms with Gasteiger partial charge in [0.15, 0.2) is 11.5 Å². The molecule has 0 aliphatic heterocycles. The van der Waals surface area contributed by atoms with Crippen LogP contribution in [0.15, 0.2) is 54.6 Å². The number of hydrogen-bond donors (Lipinski definition) is 0. The maximum Gasteiger partial charge on any atom is 0.180 e. The zero-order chi connectivity index (χ0) is 22.4. The van der Waals surface area contributed by atoms with Crippen LogP contribution in [0, 0.1) is 17.1 Å². The van der Waals surface area contributed by atoms with Gasteiger partial charge in [-0.25, -0.2) is 4.39 Å². The van der Waals surface area contributed by atoms with E-state index in [0.29, 0.717) is 33.7 Å². The predicted molar refractivity (Wildman–Crippen MR) is 123 cm³/mol. The maximum atomic E-state index is 14.1. The number of hydrogen-bond acceptors (Lipinski definition) is 3. The van der Waals surface area contributed by atoms with E-state index in [1.165, 1.54) is 6.07 Å². The van der Waals surface area contributed by atoms with Crippen molar-refractivity contribution >= 4 is 46.5 Å². The lowest BCUT2D eigenvalue weighted by atomic mass is 10.0. The largest absolute Gasteiger partial charge is 0.490 e. The zero-order valence-electron chi connectivity index (χ0n) is 16.5. The Hall–Kier alpha value is -2.71. The molecule has 0 radical (unpaired) electrons. The third-order valence-electron chi connectivity index (χ3n) is 4.31. The smallest absolute Gasteiger partial charge is 0.180 e. The molecule has 3 nitrogen and oxygen atoms in total. The van der Waals surface area contributed by atoms with E-state index in [2.05, 4.69) is 0 Å². The van der Waals surface area contributed by atoms with Gasteiger partial charge in [-0.1, -0.05) is 59.1 Å². The highest BCUT2D eigenvalue weighted by molar-refractivity contribution is 6.35. The Labute approximate surface area is 195 Å². The number of halogens is 4. The van der Waals surface area contributed by atoms with Gasteiger partial charge in [-0.05, 0) is 48.9 Å². The van der Waals surface area contributed by atoms with Gasteiger partial charge in [0.25, 0.3) is 0 Å². The Kier molecular flexibility index (Phi) is 7.81. The van der Waals surface area contributed by atoms with Crippen molar-refractivity contribution in [1.29, 1.82) is 5.26 Å². The van der Waals surface area contributed by atoms with Crippen LogP contribution in [0.3, 0.4) is 0 Å². The summed E-state index contributed by atoms with van der Waals surface area (Å²) < 4.78 is 25.7. The summed E-state index contributed by atoms with van der Waals surface area (Å²) in [5.74, 6) is 0.263. The first kappa shape index (κ1) is 23.0. The Morgan fingerprint density at radius 2 is 1.81 bits per heavy atom. The summed E-state index contributed by atoms with van der Waals surface area (Å²) in [5.41, 5.74) is 1.68. The number of nitriles is 1. The van der Waals surface area contributed by atoms with Crippen molar-refractivity contribution in [2.75, 3.05) is 6.61 Å². The first-order chi connectivity index (χ1) is 14.9. The van der Waals surface area contributed by atoms with Crippen molar-refractivity contribution in [1.82, 2.24) is 0 Å². The van der Waals surface area contributed by atoms with Crippen molar-refractivity contribution in [2.45, 2.75) is 13.5 Å². The number of ether oxygens (including phenoxy) is 2. The Balaban J connectivity index is 1.94. The molecular formula is C24H17Cl3FNO2. The van der Waals surface area contributed by atoms with E-state index in [4.69, 9.17) is 44.3 Å². The summed E-state index contributed by atoms with van der Waals surface area (Å²) in [6, 6.07) is 16.5. The molecule has 0 fully saturated rings. The van der Waals surface area contributed by atoms with E-state index >= 15 is 0 Å². The van der Waals surface area contributed by atoms with Crippen molar-refractivity contribution in [3.05, 3.63) is 92.2 Å². The van der Waals surface area contributed by atoms with Crippen LogP contribution in [0.5, 0.6) is 11.5 Å². The number of benzene rings is 3. The second-order valence-corrected chi connectivity index (χ2v) is 7.69. The average Bonchev–Trinajstić information content (AvgIpc) is 2.73. The highest BCUT2D eigenvalue weighted by Crippen LogP contribution is 2.38. The van der Waals surface area contributed by atoms with Gasteiger partial charge in [-0.2, -0.15) is 5.26 Å². The van der Waals surface area contributed by atoms with Crippen molar-refractivity contribution in [2.24, 2.45) is 0 Å². The first-order valence-corrected chi connectivity index (χ1v) is 10.5. The molecular weight excluding hydrogens is 460 g/mol. The summed E-state index contributed by atoms with van der Waals surface area (Å²) >= 11 is 18.6. The van der Waals surface area contributed by atoms with Gasteiger partial charge in [0.05, 0.1) is 23.3 Å². The molecule has 0 heterocycles. The Morgan fingerprint density at radius 1 is 1.03 bits per heavy atom. The van der Waals surface area contributed by atoms with Gasteiger partial charge in [0.2, 0.25) is 0 Å². The van der Waals surface area contributed by atoms with Crippen LogP contribution in [0.4, 0.5) is 4.39 Å². The Morgan fingerprint density at radius 3 is 2.48 bits per heavy atom. The lowest BCUT2D eigenvalue weighted by Crippen LogP contribution is -2.01. The standard InChI is InChI=1S/C24H17Cl3FNO2/c1-2-30-23-11-15(9-17(13-29)19-5-3-4-6-22(19)28)10-21(27)24(23)31-14-16-7-8-18(25)12-20(16)26/h3-12H,2,14H2,1H3. The fourth-order valence-electron chi connectivity index (χ4n) is 2.88. The molecule has 3 aromatic carbocycles. The molecule has 0 atom stereocenters. The molecule has 0 aromatic heterocycles. The van der Waals surface area contributed by atoms with Crippen LogP contribution in [-0.4, -0.2) is 6.61 Å². The third-order valence-corrected chi connectivity index (χ3v) is 5.18. The molecule has 0 bridgehead atoms. The summed E-state index contributed by atoms with van der Waals surface area (Å²) in [6.45, 7) is 2.36. The summed E-state index contributed by atoms with van der Waals surface area (Å²) in [5, 5.41) is 10.8. The topological polar surface area (TPSA) is 42.2 Å². The normalized spacial score (nSPS) is 11.2. The molecule has 31 heavy (non-hydrogen) atoms. The van der Waals surface area contributed by atoms with E-state index in [-0.39, 0.29) is 22.8 Å². The SMILES string of the molecule is CCOc1cc(C=C(C#N)c2ccccc2F)cc(Cl)c1OCc1ccc(Cl)cc1Cl. The number of nitrogens with zero attached hydrogens (tertiary/aromatic N) is 1. The average molecular weight is 477 g/mol. The minimum absolute atomic E-state index is 0.156. The molecule has 0 N–H and O–H groups in total. The van der Waals surface area contributed by atoms with Crippen LogP contribution in [0.25, 0.3) is 11.6 Å². The molecule has 0 amide bonds. The van der Waals surface area contributed by atoms with E-state index in [1.807, 2.05) is 13.0 Å². The molecule has 0 saturated heterocycles. The van der Waals surface area contributed by atoms with E-state index in [0.717, 1.165) is 5.56 Å². The molecule has 0 aliphatic carbocycles. The Bertz CT molecular complexity index is 1170. The molecule has 0 aliphatic rings. The second kappa shape index (κ2) is 10.5. The monoisotopic (exact) mass is 475 g/mol. The van der Waals surface area contributed by atoms with Gasteiger partial charge < -0.3 is 9.47 Å². The molecule has 0 unspecified atom stereocenters. The van der Waals surface area contributed by atoms with Gasteiger partial charge in [-0.3, -0.25) is 0 Å². The second-order valence-electron chi connectivity index (χ2n) is 6.44. The van der Waals surface area contributed by atoms with E-state index in [1.54, 1.807) is 54.6 Å². The molecule has 0 saturated carbocycles. The summed E-state index contributed by atoms with van der Waals surface area (Å²) in [6.07, 6.45) is 1.55. The van der Waals surface area contributed by atoms with Crippen LogP contribution in [-0.2, 0) is 6.61 Å². The summed E-state index contributed by atoms with van der Waals surface area (Å²) in [7, 11) is 0. The van der Waals surface area contributed by atoms with Crippen molar-refractivity contribution in [3.63, 3.8) is 0 Å². The minimum Gasteiger partial charge on any atom is -0.490 e. The molecule has 3 rings (SSSR count). The first-order valence-electron chi connectivity index (χ1n) is 9.32. The number of rotatable bonds is 7. The lowest BCUT2D eigenvalue weighted by Gasteiger charge is -2.15. The highest BCUT2D eigenvalue weighted by Gasteiger charge is 2.15. The zero-order valence-corrected chi connectivity index (χ0v) is 18.7. The maximum absolute atomic E-state index is 14.1. The van der Waals surface area contributed by atoms with Crippen molar-refractivity contribution < 1.29 is 13.9 Å². The highest BCUT2D eigenvalue weighted by atomic mass is 35.5. The fourth-order valence-corrected chi connectivity index (χ4v) is 3.62. The van der Waals surface area contributed by atoms with E-state index < -0.39 is 5.82 Å². The number of allylic oxidation sites excluding steroid dienone is 1. The molecule has 7 heteroatoms.